The number of nitrogens with two attached hydrogens (primary N) is 3. The van der Waals surface area contributed by atoms with Crippen molar-refractivity contribution in [2.45, 2.75) is 200 Å². The van der Waals surface area contributed by atoms with Crippen LogP contribution in [0.1, 0.15) is 162 Å². The lowest BCUT2D eigenvalue weighted by Crippen LogP contribution is -2.55. The van der Waals surface area contributed by atoms with Gasteiger partial charge in [0.25, 0.3) is 0 Å². The summed E-state index contributed by atoms with van der Waals surface area (Å²) in [6.07, 6.45) is 7.56. The molecule has 0 aliphatic carbocycles. The fraction of sp³-hybridized carbons (Fsp3) is 1.00. The first kappa shape index (κ1) is 46.1. The molecule has 0 amide bonds. The smallest absolute Gasteiger partial charge is 0.215 e. The summed E-state index contributed by atoms with van der Waals surface area (Å²) >= 11 is 2.25. The number of hydrogen-bond donors (Lipinski definition) is 8. The van der Waals surface area contributed by atoms with Crippen molar-refractivity contribution in [3.8, 4) is 0 Å². The molecule has 282 valence electrons. The molecule has 0 fully saturated rings. The minimum Gasteiger partial charge on any atom is -0.325 e. The zero-order valence-corrected chi connectivity index (χ0v) is 38.0. The molecular formula is C32H77IN11P3. The first-order valence-electron chi connectivity index (χ1n) is 17.8. The average Bonchev–Trinajstić information content (AvgIpc) is 2.90. The van der Waals surface area contributed by atoms with E-state index in [2.05, 4.69) is 157 Å². The van der Waals surface area contributed by atoms with Gasteiger partial charge in [0, 0.05) is 68.3 Å². The van der Waals surface area contributed by atoms with E-state index < -0.39 is 22.4 Å². The van der Waals surface area contributed by atoms with Crippen LogP contribution in [0.15, 0.2) is 13.5 Å². The minimum absolute atomic E-state index is 0.248. The fourth-order valence-electron chi connectivity index (χ4n) is 6.38. The van der Waals surface area contributed by atoms with E-state index in [1.54, 1.807) is 0 Å². The lowest BCUT2D eigenvalue weighted by atomic mass is 9.82. The molecule has 0 aromatic rings. The summed E-state index contributed by atoms with van der Waals surface area (Å²) in [4.78, 5) is 0. The van der Waals surface area contributed by atoms with Crippen molar-refractivity contribution in [1.29, 1.82) is 0 Å². The van der Waals surface area contributed by atoms with Gasteiger partial charge in [-0.1, -0.05) is 41.5 Å². The van der Waals surface area contributed by atoms with Crippen molar-refractivity contribution >= 4 is 45.2 Å². The number of nitrogens with one attached hydrogen (secondary N) is 5. The summed E-state index contributed by atoms with van der Waals surface area (Å²) < 4.78 is 20.9. The molecule has 0 saturated carbocycles. The maximum Gasteiger partial charge on any atom is 0.215 e. The second-order valence-corrected chi connectivity index (χ2v) is 26.3. The Hall–Kier alpha value is 1.10. The third-order valence-corrected chi connectivity index (χ3v) is 23.6. The molecule has 1 heterocycles. The maximum atomic E-state index is 6.89. The van der Waals surface area contributed by atoms with E-state index in [4.69, 9.17) is 30.7 Å². The molecule has 11 nitrogen and oxygen atoms in total. The highest BCUT2D eigenvalue weighted by molar-refractivity contribution is 14.1. The van der Waals surface area contributed by atoms with Gasteiger partial charge in [-0.2, -0.15) is 13.5 Å². The Morgan fingerprint density at radius 3 is 1.19 bits per heavy atom. The molecule has 0 aromatic heterocycles. The molecule has 7 atom stereocenters. The summed E-state index contributed by atoms with van der Waals surface area (Å²) in [6, 6.07) is 0. The van der Waals surface area contributed by atoms with Crippen molar-refractivity contribution in [1.82, 2.24) is 23.6 Å². The van der Waals surface area contributed by atoms with E-state index in [-0.39, 0.29) is 38.8 Å². The molecule has 0 radical (unpaired) electrons. The van der Waals surface area contributed by atoms with Gasteiger partial charge < -0.3 is 17.2 Å². The van der Waals surface area contributed by atoms with Crippen molar-refractivity contribution in [3.05, 3.63) is 0 Å². The highest BCUT2D eigenvalue weighted by Crippen LogP contribution is 2.73. The van der Waals surface area contributed by atoms with E-state index in [0.717, 1.165) is 57.8 Å². The summed E-state index contributed by atoms with van der Waals surface area (Å²) in [6.45, 7) is 35.3. The van der Waals surface area contributed by atoms with Crippen LogP contribution >= 0.6 is 45.2 Å². The number of rotatable bonds is 21. The zero-order chi connectivity index (χ0) is 37.0. The normalized spacial score (nSPS) is 30.4. The number of halogens is 1. The Balaban J connectivity index is 4.39. The molecule has 1 aliphatic heterocycles. The van der Waals surface area contributed by atoms with Crippen LogP contribution in [0.5, 0.6) is 0 Å². The Bertz CT molecular complexity index is 1180. The van der Waals surface area contributed by atoms with Gasteiger partial charge in [-0.15, -0.1) is 0 Å². The van der Waals surface area contributed by atoms with E-state index in [0.29, 0.717) is 0 Å². The third kappa shape index (κ3) is 14.2. The van der Waals surface area contributed by atoms with Crippen LogP contribution in [0.25, 0.3) is 0 Å². The number of hydrogen-bond acceptors (Lipinski definition) is 11. The quantitative estimate of drug-likeness (QED) is 0.0320. The van der Waals surface area contributed by atoms with Crippen LogP contribution in [0.4, 0.5) is 0 Å². The first-order valence-corrected chi connectivity index (χ1v) is 24.4. The van der Waals surface area contributed by atoms with Crippen molar-refractivity contribution in [2.75, 3.05) is 6.66 Å². The predicted molar refractivity (Wildman–Crippen MR) is 222 cm³/mol. The van der Waals surface area contributed by atoms with Crippen molar-refractivity contribution in [3.63, 3.8) is 0 Å². The van der Waals surface area contributed by atoms with Crippen LogP contribution in [0.3, 0.4) is 0 Å². The van der Waals surface area contributed by atoms with Gasteiger partial charge in [0.2, 0.25) is 15.0 Å². The van der Waals surface area contributed by atoms with Crippen LogP contribution in [0, 0.1) is 0 Å². The second kappa shape index (κ2) is 16.4. The number of nitrogens with zero attached hydrogens (tertiary/aromatic N) is 3. The summed E-state index contributed by atoms with van der Waals surface area (Å²) in [7, 11) is -8.30. The molecule has 1 rings (SSSR count). The van der Waals surface area contributed by atoms with Gasteiger partial charge >= 0.3 is 0 Å². The zero-order valence-electron chi connectivity index (χ0n) is 33.2. The molecule has 47 heavy (non-hydrogen) atoms. The molecule has 15 heteroatoms. The van der Waals surface area contributed by atoms with Gasteiger partial charge in [0.05, 0.1) is 0 Å². The van der Waals surface area contributed by atoms with E-state index in [9.17, 15) is 0 Å². The molecular weight excluding hydrogens is 758 g/mol. The Morgan fingerprint density at radius 1 is 0.489 bits per heavy atom. The fourth-order valence-corrected chi connectivity index (χ4v) is 20.8. The summed E-state index contributed by atoms with van der Waals surface area (Å²) in [5.74, 6) is 0. The van der Waals surface area contributed by atoms with Crippen molar-refractivity contribution < 1.29 is 0 Å². The molecule has 0 aromatic carbocycles. The van der Waals surface area contributed by atoms with Gasteiger partial charge in [-0.3, -0.25) is 0 Å². The van der Waals surface area contributed by atoms with Crippen LogP contribution < -0.4 is 40.9 Å². The van der Waals surface area contributed by atoms with E-state index in [1.807, 2.05) is 0 Å². The topological polar surface area (TPSA) is 175 Å². The first-order chi connectivity index (χ1) is 21.0. The van der Waals surface area contributed by atoms with Gasteiger partial charge in [-0.25, -0.2) is 23.6 Å². The van der Waals surface area contributed by atoms with Crippen LogP contribution in [-0.4, -0.2) is 45.4 Å². The van der Waals surface area contributed by atoms with E-state index in [1.165, 1.54) is 0 Å². The Labute approximate surface area is 305 Å². The molecule has 7 unspecified atom stereocenters. The predicted octanol–water partition coefficient (Wildman–Crippen LogP) is 9.71. The molecule has 0 bridgehead atoms. The van der Waals surface area contributed by atoms with E-state index >= 15 is 0 Å². The van der Waals surface area contributed by atoms with Gasteiger partial charge in [0.1, 0.15) is 0 Å². The van der Waals surface area contributed by atoms with Gasteiger partial charge in [0.15, 0.2) is 7.36 Å². The molecule has 0 saturated heterocycles. The summed E-state index contributed by atoms with van der Waals surface area (Å²) in [5, 5.41) is 16.4. The highest BCUT2D eigenvalue weighted by atomic mass is 127. The molecule has 11 N–H and O–H groups in total. The molecule has 1 aliphatic rings. The Kier molecular flexibility index (Phi) is 16.1. The minimum atomic E-state index is -2.94. The largest absolute Gasteiger partial charge is 0.325 e. The average molecular weight is 836 g/mol. The van der Waals surface area contributed by atoms with Crippen molar-refractivity contribution in [2.24, 2.45) is 30.7 Å². The maximum absolute atomic E-state index is 6.89. The Morgan fingerprint density at radius 2 is 0.851 bits per heavy atom. The highest BCUT2D eigenvalue weighted by Gasteiger charge is 2.47. The summed E-state index contributed by atoms with van der Waals surface area (Å²) in [5.41, 5.74) is 18.2. The standard InChI is InChI=1S/C32H77IN11P3/c1-17-26(7,8)37-46(38-27(9,10)23-28(11,34)18-2)42-45(16,41-33)43-47(44-46,39-31(14,21-5)24-29(12,35)19-3)40-32(15,22-6)25-30(13,36)20-4/h37-41H,17-25,34-36H2,1-16H3. The third-order valence-electron chi connectivity index (χ3n) is 10.1. The van der Waals surface area contributed by atoms with Crippen LogP contribution in [0.2, 0.25) is 0 Å². The van der Waals surface area contributed by atoms with Gasteiger partial charge in [-0.05, 0) is 120 Å². The monoisotopic (exact) mass is 835 g/mol. The molecule has 0 spiro atoms. The lowest BCUT2D eigenvalue weighted by Gasteiger charge is -2.49. The second-order valence-electron chi connectivity index (χ2n) is 17.4. The SMILES string of the molecule is CCC(C)(N)CC(C)(C)NP1(NC(C)(C)CC)=NP(C)(NI)=NP(NC(C)(CC)CC(C)(N)CC)(NC(C)(CC)CC(C)(N)CC)=N1. The van der Waals surface area contributed by atoms with Crippen LogP contribution in [-0.2, 0) is 0 Å². The lowest BCUT2D eigenvalue weighted by molar-refractivity contribution is 0.264.